The van der Waals surface area contributed by atoms with E-state index < -0.39 is 0 Å². The molecule has 0 saturated carbocycles. The number of rotatable bonds is 9. The second-order valence-corrected chi connectivity index (χ2v) is 5.72. The Morgan fingerprint density at radius 3 is 2.42 bits per heavy atom. The van der Waals surface area contributed by atoms with Crippen LogP contribution in [0.1, 0.15) is 56.0 Å². The summed E-state index contributed by atoms with van der Waals surface area (Å²) in [7, 11) is 0. The lowest BCUT2D eigenvalue weighted by atomic mass is 10.1. The van der Waals surface area contributed by atoms with Crippen molar-refractivity contribution in [2.24, 2.45) is 0 Å². The minimum Gasteiger partial charge on any atom is -0.459 e. The van der Waals surface area contributed by atoms with E-state index in [4.69, 9.17) is 4.42 Å². The van der Waals surface area contributed by atoms with Crippen LogP contribution in [0.25, 0.3) is 0 Å². The van der Waals surface area contributed by atoms with Gasteiger partial charge in [0.1, 0.15) is 0 Å². The van der Waals surface area contributed by atoms with Gasteiger partial charge in [0, 0.05) is 17.8 Å². The highest BCUT2D eigenvalue weighted by molar-refractivity contribution is 6.02. The normalized spacial score (nSPS) is 10.4. The van der Waals surface area contributed by atoms with Gasteiger partial charge in [-0.3, -0.25) is 9.59 Å². The van der Waals surface area contributed by atoms with E-state index in [0.717, 1.165) is 12.8 Å². The molecule has 2 rings (SSSR count). The minimum atomic E-state index is -0.320. The molecule has 2 N–H and O–H groups in total. The Balaban J connectivity index is 1.81. The maximum Gasteiger partial charge on any atom is 0.291 e. The molecule has 0 unspecified atom stereocenters. The highest BCUT2D eigenvalue weighted by Gasteiger charge is 2.09. The second-order valence-electron chi connectivity index (χ2n) is 5.72. The van der Waals surface area contributed by atoms with Crippen molar-refractivity contribution in [3.05, 3.63) is 48.4 Å². The number of carbonyl (C=O) groups excluding carboxylic acids is 2. The van der Waals surface area contributed by atoms with Crippen LogP contribution in [0.15, 0.2) is 47.1 Å². The molecule has 5 nitrogen and oxygen atoms in total. The molecule has 0 aliphatic rings. The van der Waals surface area contributed by atoms with Crippen LogP contribution >= 0.6 is 0 Å². The Bertz CT molecular complexity index is 650. The molecule has 0 fully saturated rings. The van der Waals surface area contributed by atoms with Gasteiger partial charge in [-0.05, 0) is 36.8 Å². The molecule has 0 aliphatic carbocycles. The van der Waals surface area contributed by atoms with E-state index in [1.54, 1.807) is 36.4 Å². The number of furan rings is 1. The fourth-order valence-corrected chi connectivity index (χ4v) is 2.39. The van der Waals surface area contributed by atoms with Crippen LogP contribution in [0.3, 0.4) is 0 Å². The fourth-order valence-electron chi connectivity index (χ4n) is 2.39. The van der Waals surface area contributed by atoms with Gasteiger partial charge in [0.2, 0.25) is 5.91 Å². The van der Waals surface area contributed by atoms with Crippen molar-refractivity contribution in [2.75, 3.05) is 10.6 Å². The summed E-state index contributed by atoms with van der Waals surface area (Å²) in [5, 5.41) is 5.61. The number of hydrogen-bond donors (Lipinski definition) is 2. The summed E-state index contributed by atoms with van der Waals surface area (Å²) in [5.74, 6) is -0.0723. The van der Waals surface area contributed by atoms with E-state index in [9.17, 15) is 9.59 Å². The minimum absolute atomic E-state index is 0.000935. The van der Waals surface area contributed by atoms with Crippen molar-refractivity contribution < 1.29 is 14.0 Å². The van der Waals surface area contributed by atoms with Gasteiger partial charge in [-0.2, -0.15) is 0 Å². The van der Waals surface area contributed by atoms with Gasteiger partial charge >= 0.3 is 0 Å². The van der Waals surface area contributed by atoms with E-state index >= 15 is 0 Å². The van der Waals surface area contributed by atoms with Gasteiger partial charge in [0.25, 0.3) is 5.91 Å². The molecule has 1 heterocycles. The van der Waals surface area contributed by atoms with Crippen molar-refractivity contribution in [1.29, 1.82) is 0 Å². The zero-order valence-electron chi connectivity index (χ0n) is 14.0. The summed E-state index contributed by atoms with van der Waals surface area (Å²) in [6.45, 7) is 2.17. The van der Waals surface area contributed by atoms with Crippen molar-refractivity contribution in [3.8, 4) is 0 Å². The van der Waals surface area contributed by atoms with E-state index in [0.29, 0.717) is 17.8 Å². The van der Waals surface area contributed by atoms with Gasteiger partial charge in [-0.15, -0.1) is 0 Å². The average Bonchev–Trinajstić information content (AvgIpc) is 3.09. The van der Waals surface area contributed by atoms with Crippen molar-refractivity contribution in [2.45, 2.75) is 45.4 Å². The van der Waals surface area contributed by atoms with Gasteiger partial charge in [0.15, 0.2) is 5.76 Å². The molecule has 0 radical (unpaired) electrons. The van der Waals surface area contributed by atoms with Crippen molar-refractivity contribution >= 4 is 23.2 Å². The lowest BCUT2D eigenvalue weighted by Gasteiger charge is -2.08. The highest BCUT2D eigenvalue weighted by Crippen LogP contribution is 2.17. The van der Waals surface area contributed by atoms with Gasteiger partial charge < -0.3 is 15.1 Å². The smallest absolute Gasteiger partial charge is 0.291 e. The number of amides is 2. The molecule has 0 atom stereocenters. The van der Waals surface area contributed by atoms with Crippen LogP contribution in [0, 0.1) is 0 Å². The Kier molecular flexibility index (Phi) is 7.08. The molecule has 2 amide bonds. The lowest BCUT2D eigenvalue weighted by Crippen LogP contribution is -2.13. The molecule has 0 aliphatic heterocycles. The maximum atomic E-state index is 12.0. The average molecular weight is 328 g/mol. The molecule has 24 heavy (non-hydrogen) atoms. The van der Waals surface area contributed by atoms with E-state index in [1.165, 1.54) is 25.5 Å². The number of anilines is 2. The first-order valence-electron chi connectivity index (χ1n) is 8.44. The first-order valence-corrected chi connectivity index (χ1v) is 8.44. The third kappa shape index (κ3) is 5.91. The molecule has 1 aromatic heterocycles. The lowest BCUT2D eigenvalue weighted by molar-refractivity contribution is -0.116. The van der Waals surface area contributed by atoms with Gasteiger partial charge in [-0.1, -0.05) is 38.7 Å². The fraction of sp³-hybridized carbons (Fsp3) is 0.368. The Labute approximate surface area is 142 Å². The van der Waals surface area contributed by atoms with Crippen LogP contribution in [0.5, 0.6) is 0 Å². The topological polar surface area (TPSA) is 71.3 Å². The van der Waals surface area contributed by atoms with Crippen LogP contribution in [-0.4, -0.2) is 11.8 Å². The molecular weight excluding hydrogens is 304 g/mol. The SMILES string of the molecule is CCCCCCCC(=O)Nc1cccc(NC(=O)c2ccco2)c1. The quantitative estimate of drug-likeness (QED) is 0.648. The summed E-state index contributed by atoms with van der Waals surface area (Å²) in [6.07, 6.45) is 7.56. The molecule has 2 aromatic rings. The largest absolute Gasteiger partial charge is 0.459 e. The van der Waals surface area contributed by atoms with Gasteiger partial charge in [-0.25, -0.2) is 0 Å². The maximum absolute atomic E-state index is 12.0. The van der Waals surface area contributed by atoms with E-state index in [1.807, 2.05) is 0 Å². The number of nitrogens with one attached hydrogen (secondary N) is 2. The summed E-state index contributed by atoms with van der Waals surface area (Å²) in [6, 6.07) is 10.3. The molecule has 128 valence electrons. The molecule has 0 bridgehead atoms. The van der Waals surface area contributed by atoms with Gasteiger partial charge in [0.05, 0.1) is 6.26 Å². The van der Waals surface area contributed by atoms with Crippen LogP contribution in [-0.2, 0) is 4.79 Å². The first-order chi connectivity index (χ1) is 11.7. The summed E-state index contributed by atoms with van der Waals surface area (Å²) in [5.41, 5.74) is 1.28. The van der Waals surface area contributed by atoms with Crippen LogP contribution in [0.2, 0.25) is 0 Å². The Morgan fingerprint density at radius 2 is 1.71 bits per heavy atom. The monoisotopic (exact) mass is 328 g/mol. The number of carbonyl (C=O) groups is 2. The molecule has 0 spiro atoms. The van der Waals surface area contributed by atoms with E-state index in [2.05, 4.69) is 17.6 Å². The van der Waals surface area contributed by atoms with Crippen molar-refractivity contribution in [3.63, 3.8) is 0 Å². The molecule has 1 aromatic carbocycles. The first kappa shape index (κ1) is 17.8. The zero-order valence-corrected chi connectivity index (χ0v) is 14.0. The Hall–Kier alpha value is -2.56. The zero-order chi connectivity index (χ0) is 17.2. The highest BCUT2D eigenvalue weighted by atomic mass is 16.3. The second kappa shape index (κ2) is 9.55. The summed E-state index contributed by atoms with van der Waals surface area (Å²) >= 11 is 0. The number of unbranched alkanes of at least 4 members (excludes halogenated alkanes) is 4. The predicted molar refractivity (Wildman–Crippen MR) is 95.1 cm³/mol. The van der Waals surface area contributed by atoms with Crippen LogP contribution < -0.4 is 10.6 Å². The number of benzene rings is 1. The van der Waals surface area contributed by atoms with Crippen molar-refractivity contribution in [1.82, 2.24) is 0 Å². The molecular formula is C19H24N2O3. The third-order valence-electron chi connectivity index (χ3n) is 3.66. The third-order valence-corrected chi connectivity index (χ3v) is 3.66. The summed E-state index contributed by atoms with van der Waals surface area (Å²) < 4.78 is 5.05. The van der Waals surface area contributed by atoms with Crippen LogP contribution in [0.4, 0.5) is 11.4 Å². The predicted octanol–water partition coefficient (Wildman–Crippen LogP) is 4.83. The Morgan fingerprint density at radius 1 is 0.958 bits per heavy atom. The van der Waals surface area contributed by atoms with E-state index in [-0.39, 0.29) is 17.6 Å². The number of hydrogen-bond acceptors (Lipinski definition) is 3. The summed E-state index contributed by atoms with van der Waals surface area (Å²) in [4.78, 5) is 23.9. The standard InChI is InChI=1S/C19H24N2O3/c1-2-3-4-5-6-12-18(22)20-15-9-7-10-16(14-15)21-19(23)17-11-8-13-24-17/h7-11,13-14H,2-6,12H2,1H3,(H,20,22)(H,21,23). The molecule has 0 saturated heterocycles. The molecule has 5 heteroatoms.